The molecule has 96 valence electrons. The highest BCUT2D eigenvalue weighted by molar-refractivity contribution is 5.82. The topological polar surface area (TPSA) is 25.2 Å². The van der Waals surface area contributed by atoms with E-state index in [0.29, 0.717) is 0 Å². The lowest BCUT2D eigenvalue weighted by atomic mass is 9.83. The minimum absolute atomic E-state index is 0.926. The van der Waals surface area contributed by atoms with Crippen molar-refractivity contribution in [1.82, 2.24) is 5.32 Å². The smallest absolute Gasteiger partial charge is 0.134 e. The van der Waals surface area contributed by atoms with Crippen molar-refractivity contribution in [3.63, 3.8) is 0 Å². The fraction of sp³-hybridized carbons (Fsp3) is 0.500. The summed E-state index contributed by atoms with van der Waals surface area (Å²) in [5, 5.41) is 4.82. The van der Waals surface area contributed by atoms with Crippen LogP contribution in [0.15, 0.2) is 28.7 Å². The van der Waals surface area contributed by atoms with Crippen molar-refractivity contribution in [1.29, 1.82) is 0 Å². The molecule has 3 rings (SSSR count). The summed E-state index contributed by atoms with van der Waals surface area (Å²) in [4.78, 5) is 0. The minimum atomic E-state index is 0.926. The number of nitrogens with one attached hydrogen (secondary N) is 1. The van der Waals surface area contributed by atoms with Gasteiger partial charge in [0.05, 0.1) is 0 Å². The van der Waals surface area contributed by atoms with Gasteiger partial charge in [0.25, 0.3) is 0 Å². The highest BCUT2D eigenvalue weighted by atomic mass is 16.3. The molecule has 2 nitrogen and oxygen atoms in total. The summed E-state index contributed by atoms with van der Waals surface area (Å²) in [7, 11) is 0. The van der Waals surface area contributed by atoms with Crippen molar-refractivity contribution < 1.29 is 4.42 Å². The first kappa shape index (κ1) is 11.8. The fourth-order valence-corrected chi connectivity index (χ4v) is 2.74. The number of para-hydroxylation sites is 1. The third-order valence-corrected chi connectivity index (χ3v) is 4.16. The number of hydrogen-bond acceptors (Lipinski definition) is 2. The Kier molecular flexibility index (Phi) is 3.37. The van der Waals surface area contributed by atoms with Crippen LogP contribution in [0.3, 0.4) is 0 Å². The first-order valence-electron chi connectivity index (χ1n) is 7.02. The third-order valence-electron chi connectivity index (χ3n) is 4.16. The van der Waals surface area contributed by atoms with Gasteiger partial charge in [0, 0.05) is 17.5 Å². The summed E-state index contributed by atoms with van der Waals surface area (Å²) in [5.74, 6) is 2.03. The molecule has 1 aliphatic rings. The van der Waals surface area contributed by atoms with Crippen LogP contribution in [-0.2, 0) is 6.54 Å². The first-order valence-corrected chi connectivity index (χ1v) is 7.02. The monoisotopic (exact) mass is 243 g/mol. The summed E-state index contributed by atoms with van der Waals surface area (Å²) in [6.45, 7) is 4.11. The Morgan fingerprint density at radius 1 is 1.28 bits per heavy atom. The summed E-state index contributed by atoms with van der Waals surface area (Å²) >= 11 is 0. The van der Waals surface area contributed by atoms with Gasteiger partial charge in [0.2, 0.25) is 0 Å². The Morgan fingerprint density at radius 3 is 2.89 bits per heavy atom. The van der Waals surface area contributed by atoms with E-state index < -0.39 is 0 Å². The Morgan fingerprint density at radius 2 is 2.11 bits per heavy atom. The van der Waals surface area contributed by atoms with Gasteiger partial charge in [-0.25, -0.2) is 0 Å². The minimum Gasteiger partial charge on any atom is -0.461 e. The molecule has 1 N–H and O–H groups in total. The molecule has 2 heteroatoms. The molecule has 2 aromatic rings. The third kappa shape index (κ3) is 2.30. The van der Waals surface area contributed by atoms with Gasteiger partial charge in [-0.2, -0.15) is 0 Å². The van der Waals surface area contributed by atoms with Crippen LogP contribution in [-0.4, -0.2) is 6.54 Å². The van der Waals surface area contributed by atoms with Crippen LogP contribution in [0.1, 0.15) is 37.0 Å². The lowest BCUT2D eigenvalue weighted by Crippen LogP contribution is -2.21. The van der Waals surface area contributed by atoms with Crippen LogP contribution in [0.2, 0.25) is 0 Å². The van der Waals surface area contributed by atoms with Crippen molar-refractivity contribution in [2.45, 2.75) is 39.2 Å². The second kappa shape index (κ2) is 5.15. The van der Waals surface area contributed by atoms with E-state index in [1.807, 2.05) is 12.1 Å². The van der Waals surface area contributed by atoms with E-state index in [0.717, 1.165) is 30.4 Å². The second-order valence-corrected chi connectivity index (χ2v) is 5.40. The number of fused-ring (bicyclic) bond motifs is 1. The number of furan rings is 1. The molecule has 1 heterocycles. The maximum Gasteiger partial charge on any atom is 0.134 e. The highest BCUT2D eigenvalue weighted by Crippen LogP contribution is 2.29. The zero-order chi connectivity index (χ0) is 12.4. The van der Waals surface area contributed by atoms with Gasteiger partial charge in [-0.3, -0.25) is 0 Å². The van der Waals surface area contributed by atoms with Gasteiger partial charge in [0.15, 0.2) is 0 Å². The summed E-state index contributed by atoms with van der Waals surface area (Å²) in [6.07, 6.45) is 5.65. The molecule has 0 unspecified atom stereocenters. The van der Waals surface area contributed by atoms with Gasteiger partial charge in [0.1, 0.15) is 11.3 Å². The Bertz CT molecular complexity index is 525. The van der Waals surface area contributed by atoms with Crippen LogP contribution >= 0.6 is 0 Å². The van der Waals surface area contributed by atoms with E-state index in [1.165, 1.54) is 36.6 Å². The van der Waals surface area contributed by atoms with Crippen LogP contribution in [0, 0.1) is 12.8 Å². The van der Waals surface area contributed by atoms with Crippen molar-refractivity contribution in [3.05, 3.63) is 35.6 Å². The standard InChI is InChI=1S/C16H21NO/c1-12-15(11-17-10-9-13-5-4-6-13)14-7-2-3-8-16(14)18-12/h2-3,7-8,13,17H,4-6,9-11H2,1H3. The maximum absolute atomic E-state index is 5.77. The van der Waals surface area contributed by atoms with Crippen LogP contribution < -0.4 is 5.32 Å². The molecular formula is C16H21NO. The van der Waals surface area contributed by atoms with Gasteiger partial charge in [-0.1, -0.05) is 37.5 Å². The van der Waals surface area contributed by atoms with E-state index >= 15 is 0 Å². The van der Waals surface area contributed by atoms with Crippen molar-refractivity contribution >= 4 is 11.0 Å². The molecule has 1 aliphatic carbocycles. The Hall–Kier alpha value is -1.28. The quantitative estimate of drug-likeness (QED) is 0.802. The normalized spacial score (nSPS) is 16.1. The van der Waals surface area contributed by atoms with Crippen LogP contribution in [0.4, 0.5) is 0 Å². The van der Waals surface area contributed by atoms with E-state index in [2.05, 4.69) is 24.4 Å². The molecule has 0 bridgehead atoms. The second-order valence-electron chi connectivity index (χ2n) is 5.40. The molecule has 0 aliphatic heterocycles. The molecule has 1 aromatic carbocycles. The molecule has 0 atom stereocenters. The number of rotatable bonds is 5. The number of benzene rings is 1. The maximum atomic E-state index is 5.77. The largest absolute Gasteiger partial charge is 0.461 e. The van der Waals surface area contributed by atoms with Gasteiger partial charge in [-0.05, 0) is 31.9 Å². The molecule has 0 spiro atoms. The zero-order valence-electron chi connectivity index (χ0n) is 11.0. The lowest BCUT2D eigenvalue weighted by molar-refractivity contribution is 0.292. The van der Waals surface area contributed by atoms with Crippen molar-refractivity contribution in [2.75, 3.05) is 6.54 Å². The van der Waals surface area contributed by atoms with Crippen LogP contribution in [0.5, 0.6) is 0 Å². The molecule has 0 amide bonds. The summed E-state index contributed by atoms with van der Waals surface area (Å²) < 4.78 is 5.77. The fourth-order valence-electron chi connectivity index (χ4n) is 2.74. The Balaban J connectivity index is 1.61. The molecule has 0 saturated heterocycles. The van der Waals surface area contributed by atoms with Crippen LogP contribution in [0.25, 0.3) is 11.0 Å². The van der Waals surface area contributed by atoms with Gasteiger partial charge < -0.3 is 9.73 Å². The molecule has 1 aromatic heterocycles. The van der Waals surface area contributed by atoms with Gasteiger partial charge >= 0.3 is 0 Å². The molecule has 0 radical (unpaired) electrons. The predicted octanol–water partition coefficient (Wildman–Crippen LogP) is 4.02. The summed E-state index contributed by atoms with van der Waals surface area (Å²) in [6, 6.07) is 8.29. The van der Waals surface area contributed by atoms with E-state index in [9.17, 15) is 0 Å². The van der Waals surface area contributed by atoms with Crippen molar-refractivity contribution in [2.24, 2.45) is 5.92 Å². The predicted molar refractivity (Wildman–Crippen MR) is 74.6 cm³/mol. The average Bonchev–Trinajstić information content (AvgIpc) is 2.63. The van der Waals surface area contributed by atoms with E-state index in [-0.39, 0.29) is 0 Å². The van der Waals surface area contributed by atoms with Crippen molar-refractivity contribution in [3.8, 4) is 0 Å². The zero-order valence-corrected chi connectivity index (χ0v) is 11.0. The highest BCUT2D eigenvalue weighted by Gasteiger charge is 2.16. The van der Waals surface area contributed by atoms with Gasteiger partial charge in [-0.15, -0.1) is 0 Å². The SMILES string of the molecule is Cc1oc2ccccc2c1CNCCC1CCC1. The number of hydrogen-bond donors (Lipinski definition) is 1. The van der Waals surface area contributed by atoms with E-state index in [1.54, 1.807) is 0 Å². The Labute approximate surface area is 108 Å². The van der Waals surface area contributed by atoms with E-state index in [4.69, 9.17) is 4.42 Å². The average molecular weight is 243 g/mol. The summed E-state index contributed by atoms with van der Waals surface area (Å²) in [5.41, 5.74) is 2.32. The first-order chi connectivity index (χ1) is 8.84. The molecule has 1 fully saturated rings. The molecule has 18 heavy (non-hydrogen) atoms. The molecule has 1 saturated carbocycles. The lowest BCUT2D eigenvalue weighted by Gasteiger charge is -2.25. The number of aryl methyl sites for hydroxylation is 1. The molecular weight excluding hydrogens is 222 g/mol.